The van der Waals surface area contributed by atoms with Crippen LogP contribution in [0, 0.1) is 0 Å². The summed E-state index contributed by atoms with van der Waals surface area (Å²) in [5.41, 5.74) is 2.13. The molecule has 6 nitrogen and oxygen atoms in total. The van der Waals surface area contributed by atoms with Crippen molar-refractivity contribution in [3.63, 3.8) is 0 Å². The zero-order valence-corrected chi connectivity index (χ0v) is 8.25. The van der Waals surface area contributed by atoms with Crippen molar-refractivity contribution in [1.29, 1.82) is 0 Å². The molecule has 0 aromatic carbocycles. The molecule has 1 amide bonds. The van der Waals surface area contributed by atoms with Gasteiger partial charge in [0.1, 0.15) is 6.04 Å². The molecule has 0 bridgehead atoms. The third-order valence-electron chi connectivity index (χ3n) is 1.73. The summed E-state index contributed by atoms with van der Waals surface area (Å²) in [6, 6.07) is -0.859. The maximum absolute atomic E-state index is 11.1. The zero-order valence-electron chi connectivity index (χ0n) is 8.25. The normalized spacial score (nSPS) is 12.1. The van der Waals surface area contributed by atoms with Crippen LogP contribution >= 0.6 is 0 Å². The minimum Gasteiger partial charge on any atom is -0.480 e. The van der Waals surface area contributed by atoms with E-state index in [1.807, 2.05) is 6.92 Å². The lowest BCUT2D eigenvalue weighted by Gasteiger charge is -2.10. The predicted molar refractivity (Wildman–Crippen MR) is 51.3 cm³/mol. The van der Waals surface area contributed by atoms with E-state index in [0.29, 0.717) is 6.54 Å². The summed E-state index contributed by atoms with van der Waals surface area (Å²) in [7, 11) is 0. The maximum atomic E-state index is 11.1. The lowest BCUT2D eigenvalue weighted by molar-refractivity contribution is -0.139. The molecule has 1 unspecified atom stereocenters. The number of carbonyl (C=O) groups excluding carboxylic acids is 1. The van der Waals surface area contributed by atoms with Gasteiger partial charge in [-0.3, -0.25) is 15.4 Å². The number of aliphatic carboxylic acids is 1. The first-order valence-electron chi connectivity index (χ1n) is 4.57. The summed E-state index contributed by atoms with van der Waals surface area (Å²) in [6.07, 6.45) is 1.23. The summed E-state index contributed by atoms with van der Waals surface area (Å²) in [5, 5.41) is 11.2. The Balaban J connectivity index is 3.68. The van der Waals surface area contributed by atoms with Crippen LogP contribution in [0.4, 0.5) is 0 Å². The highest BCUT2D eigenvalue weighted by Crippen LogP contribution is 1.96. The Kier molecular flexibility index (Phi) is 6.69. The lowest BCUT2D eigenvalue weighted by atomic mass is 10.1. The van der Waals surface area contributed by atoms with Gasteiger partial charge in [-0.1, -0.05) is 6.92 Å². The van der Waals surface area contributed by atoms with E-state index in [1.54, 1.807) is 0 Å². The Labute approximate surface area is 82.8 Å². The number of amides is 1. The Bertz CT molecular complexity index is 196. The molecule has 0 aliphatic heterocycles. The van der Waals surface area contributed by atoms with Crippen LogP contribution in [0.5, 0.6) is 0 Å². The highest BCUT2D eigenvalue weighted by Gasteiger charge is 2.16. The van der Waals surface area contributed by atoms with Crippen LogP contribution in [0.3, 0.4) is 0 Å². The monoisotopic (exact) mass is 203 g/mol. The van der Waals surface area contributed by atoms with Crippen molar-refractivity contribution in [2.45, 2.75) is 32.2 Å². The van der Waals surface area contributed by atoms with E-state index in [9.17, 15) is 9.59 Å². The number of carboxylic acids is 1. The van der Waals surface area contributed by atoms with Gasteiger partial charge in [-0.25, -0.2) is 5.43 Å². The van der Waals surface area contributed by atoms with Gasteiger partial charge >= 0.3 is 5.97 Å². The van der Waals surface area contributed by atoms with E-state index in [-0.39, 0.29) is 18.7 Å². The van der Waals surface area contributed by atoms with Gasteiger partial charge < -0.3 is 10.4 Å². The average molecular weight is 203 g/mol. The molecule has 0 radical (unpaired) electrons. The molecule has 14 heavy (non-hydrogen) atoms. The Morgan fingerprint density at radius 2 is 2.14 bits per heavy atom. The van der Waals surface area contributed by atoms with E-state index in [2.05, 4.69) is 10.7 Å². The van der Waals surface area contributed by atoms with E-state index in [0.717, 1.165) is 6.42 Å². The molecule has 0 aromatic rings. The summed E-state index contributed by atoms with van der Waals surface area (Å²) >= 11 is 0. The summed E-state index contributed by atoms with van der Waals surface area (Å²) < 4.78 is 0. The van der Waals surface area contributed by atoms with Crippen molar-refractivity contribution in [3.8, 4) is 0 Å². The molecule has 5 N–H and O–H groups in total. The number of nitrogens with two attached hydrogens (primary N) is 1. The maximum Gasteiger partial charge on any atom is 0.322 e. The third-order valence-corrected chi connectivity index (χ3v) is 1.73. The van der Waals surface area contributed by atoms with Gasteiger partial charge in [-0.05, 0) is 12.8 Å². The second-order valence-corrected chi connectivity index (χ2v) is 2.95. The standard InChI is InChI=1S/C8H17N3O3/c1-2-5-10-7(12)4-3-6(11-9)8(13)14/h6,11H,2-5,9H2,1H3,(H,10,12)(H,13,14). The first kappa shape index (κ1) is 12.9. The molecular weight excluding hydrogens is 186 g/mol. The molecule has 0 heterocycles. The van der Waals surface area contributed by atoms with Crippen LogP contribution < -0.4 is 16.6 Å². The van der Waals surface area contributed by atoms with Crippen LogP contribution in [-0.2, 0) is 9.59 Å². The number of carboxylic acid groups (broad SMARTS) is 1. The largest absolute Gasteiger partial charge is 0.480 e. The molecule has 82 valence electrons. The Morgan fingerprint density at radius 3 is 2.57 bits per heavy atom. The van der Waals surface area contributed by atoms with Gasteiger partial charge in [0.15, 0.2) is 0 Å². The van der Waals surface area contributed by atoms with E-state index in [4.69, 9.17) is 10.9 Å². The second kappa shape index (κ2) is 7.28. The molecule has 0 saturated carbocycles. The molecule has 0 aromatic heterocycles. The Morgan fingerprint density at radius 1 is 1.50 bits per heavy atom. The van der Waals surface area contributed by atoms with Crippen molar-refractivity contribution in [2.24, 2.45) is 5.84 Å². The van der Waals surface area contributed by atoms with Gasteiger partial charge in [0.2, 0.25) is 5.91 Å². The number of nitrogens with one attached hydrogen (secondary N) is 2. The van der Waals surface area contributed by atoms with Crippen LogP contribution in [0.25, 0.3) is 0 Å². The van der Waals surface area contributed by atoms with Gasteiger partial charge in [-0.15, -0.1) is 0 Å². The Hall–Kier alpha value is -1.14. The van der Waals surface area contributed by atoms with Gasteiger partial charge in [0, 0.05) is 13.0 Å². The van der Waals surface area contributed by atoms with Crippen molar-refractivity contribution < 1.29 is 14.7 Å². The number of hydrogen-bond acceptors (Lipinski definition) is 4. The lowest BCUT2D eigenvalue weighted by Crippen LogP contribution is -2.42. The molecule has 6 heteroatoms. The highest BCUT2D eigenvalue weighted by atomic mass is 16.4. The predicted octanol–water partition coefficient (Wildman–Crippen LogP) is -0.791. The quantitative estimate of drug-likeness (QED) is 0.320. The third kappa shape index (κ3) is 5.50. The van der Waals surface area contributed by atoms with Crippen molar-refractivity contribution in [1.82, 2.24) is 10.7 Å². The van der Waals surface area contributed by atoms with E-state index < -0.39 is 12.0 Å². The van der Waals surface area contributed by atoms with Gasteiger partial charge in [-0.2, -0.15) is 0 Å². The fraction of sp³-hybridized carbons (Fsp3) is 0.750. The SMILES string of the molecule is CCCNC(=O)CCC(NN)C(=O)O. The molecule has 0 aliphatic carbocycles. The number of hydrazine groups is 1. The minimum absolute atomic E-state index is 0.145. The van der Waals surface area contributed by atoms with E-state index >= 15 is 0 Å². The topological polar surface area (TPSA) is 104 Å². The summed E-state index contributed by atoms with van der Waals surface area (Å²) in [6.45, 7) is 2.56. The summed E-state index contributed by atoms with van der Waals surface area (Å²) in [4.78, 5) is 21.6. The van der Waals surface area contributed by atoms with Crippen LogP contribution in [-0.4, -0.2) is 29.6 Å². The second-order valence-electron chi connectivity index (χ2n) is 2.95. The van der Waals surface area contributed by atoms with Crippen LogP contribution in [0.15, 0.2) is 0 Å². The van der Waals surface area contributed by atoms with E-state index in [1.165, 1.54) is 0 Å². The fourth-order valence-corrected chi connectivity index (χ4v) is 0.906. The van der Waals surface area contributed by atoms with Crippen molar-refractivity contribution in [3.05, 3.63) is 0 Å². The first-order chi connectivity index (χ1) is 6.61. The first-order valence-corrected chi connectivity index (χ1v) is 4.57. The number of carbonyl (C=O) groups is 2. The van der Waals surface area contributed by atoms with Gasteiger partial charge in [0.05, 0.1) is 0 Å². The zero-order chi connectivity index (χ0) is 11.0. The average Bonchev–Trinajstić information content (AvgIpc) is 2.15. The molecule has 0 spiro atoms. The summed E-state index contributed by atoms with van der Waals surface area (Å²) in [5.74, 6) is 3.81. The van der Waals surface area contributed by atoms with Crippen LogP contribution in [0.1, 0.15) is 26.2 Å². The molecular formula is C8H17N3O3. The van der Waals surface area contributed by atoms with Crippen molar-refractivity contribution >= 4 is 11.9 Å². The molecule has 0 aliphatic rings. The smallest absolute Gasteiger partial charge is 0.322 e. The fourth-order valence-electron chi connectivity index (χ4n) is 0.906. The number of hydrogen-bond donors (Lipinski definition) is 4. The molecule has 0 saturated heterocycles. The molecule has 1 atom stereocenters. The van der Waals surface area contributed by atoms with Gasteiger partial charge in [0.25, 0.3) is 0 Å². The molecule has 0 fully saturated rings. The molecule has 0 rings (SSSR count). The van der Waals surface area contributed by atoms with Crippen molar-refractivity contribution in [2.75, 3.05) is 6.54 Å². The van der Waals surface area contributed by atoms with Crippen LogP contribution in [0.2, 0.25) is 0 Å². The number of rotatable bonds is 7. The highest BCUT2D eigenvalue weighted by molar-refractivity contribution is 5.78. The minimum atomic E-state index is -1.05.